The van der Waals surface area contributed by atoms with Crippen molar-refractivity contribution in [2.24, 2.45) is 0 Å². The van der Waals surface area contributed by atoms with Gasteiger partial charge in [0.05, 0.1) is 13.2 Å². The molecule has 1 heterocycles. The third-order valence-corrected chi connectivity index (χ3v) is 4.09. The summed E-state index contributed by atoms with van der Waals surface area (Å²) >= 11 is 0. The number of carbonyl (C=O) groups excluding carboxylic acids is 1. The van der Waals surface area contributed by atoms with Gasteiger partial charge in [-0.2, -0.15) is 0 Å². The molecule has 0 bridgehead atoms. The Labute approximate surface area is 145 Å². The van der Waals surface area contributed by atoms with Gasteiger partial charge in [-0.05, 0) is 32.0 Å². The quantitative estimate of drug-likeness (QED) is 0.739. The van der Waals surface area contributed by atoms with Crippen LogP contribution in [0.15, 0.2) is 57.7 Å². The summed E-state index contributed by atoms with van der Waals surface area (Å²) in [7, 11) is 1.58. The molecular weight excluding hydrogens is 318 g/mol. The van der Waals surface area contributed by atoms with Crippen LogP contribution < -0.4 is 15.7 Å². The molecule has 0 aliphatic carbocycles. The van der Waals surface area contributed by atoms with Crippen LogP contribution in [0, 0.1) is 6.92 Å². The molecule has 0 aliphatic rings. The standard InChI is InChI=1S/C20H19NO4/c1-12-8-9-18(24-3)15(10-12)13(2)21-19(22)16-11-14-6-4-5-7-17(14)25-20(16)23/h4-11,13H,1-3H3,(H,21,22). The van der Waals surface area contributed by atoms with E-state index < -0.39 is 11.5 Å². The minimum atomic E-state index is -0.653. The van der Waals surface area contributed by atoms with Gasteiger partial charge < -0.3 is 14.5 Å². The molecule has 1 atom stereocenters. The number of benzene rings is 2. The van der Waals surface area contributed by atoms with Crippen LogP contribution in [0.25, 0.3) is 11.0 Å². The average molecular weight is 337 g/mol. The Bertz CT molecular complexity index is 990. The van der Waals surface area contributed by atoms with E-state index in [-0.39, 0.29) is 11.6 Å². The number of methoxy groups -OCH3 is 1. The lowest BCUT2D eigenvalue weighted by Crippen LogP contribution is -2.30. The summed E-state index contributed by atoms with van der Waals surface area (Å²) in [5, 5.41) is 3.54. The summed E-state index contributed by atoms with van der Waals surface area (Å²) in [4.78, 5) is 24.7. The highest BCUT2D eigenvalue weighted by molar-refractivity contribution is 5.96. The van der Waals surface area contributed by atoms with Crippen LogP contribution in [0.4, 0.5) is 0 Å². The summed E-state index contributed by atoms with van der Waals surface area (Å²) in [5.41, 5.74) is 1.69. The smallest absolute Gasteiger partial charge is 0.349 e. The van der Waals surface area contributed by atoms with Gasteiger partial charge in [-0.3, -0.25) is 4.79 Å². The lowest BCUT2D eigenvalue weighted by Gasteiger charge is -2.18. The highest BCUT2D eigenvalue weighted by Gasteiger charge is 2.18. The SMILES string of the molecule is COc1ccc(C)cc1C(C)NC(=O)c1cc2ccccc2oc1=O. The summed E-state index contributed by atoms with van der Waals surface area (Å²) in [5.74, 6) is 0.208. The largest absolute Gasteiger partial charge is 0.496 e. The van der Waals surface area contributed by atoms with E-state index in [1.807, 2.05) is 38.1 Å². The molecule has 1 aromatic heterocycles. The number of rotatable bonds is 4. The molecule has 0 saturated heterocycles. The van der Waals surface area contributed by atoms with Crippen molar-refractivity contribution in [1.29, 1.82) is 0 Å². The number of amides is 1. The molecule has 128 valence electrons. The van der Waals surface area contributed by atoms with Gasteiger partial charge in [-0.25, -0.2) is 4.79 Å². The Morgan fingerprint density at radius 3 is 2.68 bits per heavy atom. The first kappa shape index (κ1) is 16.8. The maximum Gasteiger partial charge on any atom is 0.349 e. The van der Waals surface area contributed by atoms with Gasteiger partial charge in [-0.1, -0.05) is 35.9 Å². The van der Waals surface area contributed by atoms with Crippen molar-refractivity contribution in [3.05, 3.63) is 75.6 Å². The minimum Gasteiger partial charge on any atom is -0.496 e. The zero-order valence-corrected chi connectivity index (χ0v) is 14.3. The zero-order chi connectivity index (χ0) is 18.0. The summed E-state index contributed by atoms with van der Waals surface area (Å²) in [6, 6.07) is 14.1. The number of nitrogens with one attached hydrogen (secondary N) is 1. The van der Waals surface area contributed by atoms with Gasteiger partial charge in [0, 0.05) is 10.9 Å². The Hall–Kier alpha value is -3.08. The van der Waals surface area contributed by atoms with Crippen LogP contribution in [-0.2, 0) is 0 Å². The summed E-state index contributed by atoms with van der Waals surface area (Å²) < 4.78 is 10.6. The molecule has 25 heavy (non-hydrogen) atoms. The summed E-state index contributed by atoms with van der Waals surface area (Å²) in [6.07, 6.45) is 0. The van der Waals surface area contributed by atoms with Crippen molar-refractivity contribution in [3.63, 3.8) is 0 Å². The fourth-order valence-electron chi connectivity index (χ4n) is 2.76. The Morgan fingerprint density at radius 2 is 1.92 bits per heavy atom. The molecule has 3 rings (SSSR count). The molecule has 1 amide bonds. The van der Waals surface area contributed by atoms with Crippen LogP contribution in [0.3, 0.4) is 0 Å². The van der Waals surface area contributed by atoms with Crippen molar-refractivity contribution in [3.8, 4) is 5.75 Å². The Morgan fingerprint density at radius 1 is 1.16 bits per heavy atom. The van der Waals surface area contributed by atoms with Crippen molar-refractivity contribution in [2.45, 2.75) is 19.9 Å². The van der Waals surface area contributed by atoms with E-state index in [9.17, 15) is 9.59 Å². The number of para-hydroxylation sites is 1. The lowest BCUT2D eigenvalue weighted by molar-refractivity contribution is 0.0936. The van der Waals surface area contributed by atoms with Crippen LogP contribution in [0.1, 0.15) is 34.5 Å². The molecule has 5 heteroatoms. The third kappa shape index (κ3) is 3.40. The van der Waals surface area contributed by atoms with Gasteiger partial charge in [0.15, 0.2) is 0 Å². The third-order valence-electron chi connectivity index (χ3n) is 4.09. The monoisotopic (exact) mass is 337 g/mol. The number of carbonyl (C=O) groups is 1. The fourth-order valence-corrected chi connectivity index (χ4v) is 2.76. The molecule has 1 unspecified atom stereocenters. The van der Waals surface area contributed by atoms with Crippen molar-refractivity contribution in [2.75, 3.05) is 7.11 Å². The number of fused-ring (bicyclic) bond motifs is 1. The first-order valence-corrected chi connectivity index (χ1v) is 7.98. The molecule has 3 aromatic rings. The molecule has 0 saturated carbocycles. The predicted molar refractivity (Wildman–Crippen MR) is 96.1 cm³/mol. The van der Waals surface area contributed by atoms with Crippen LogP contribution in [-0.4, -0.2) is 13.0 Å². The number of hydrogen-bond acceptors (Lipinski definition) is 4. The van der Waals surface area contributed by atoms with Gasteiger partial charge >= 0.3 is 5.63 Å². The molecule has 0 fully saturated rings. The van der Waals surface area contributed by atoms with Gasteiger partial charge in [0.2, 0.25) is 0 Å². The molecule has 2 aromatic carbocycles. The van der Waals surface area contributed by atoms with Crippen LogP contribution in [0.2, 0.25) is 0 Å². The number of ether oxygens (including phenoxy) is 1. The second kappa shape index (κ2) is 6.81. The molecule has 1 N–H and O–H groups in total. The summed E-state index contributed by atoms with van der Waals surface area (Å²) in [6.45, 7) is 3.81. The van der Waals surface area contributed by atoms with Gasteiger partial charge in [-0.15, -0.1) is 0 Å². The maximum absolute atomic E-state index is 12.6. The highest BCUT2D eigenvalue weighted by Crippen LogP contribution is 2.26. The van der Waals surface area contributed by atoms with Crippen molar-refractivity contribution >= 4 is 16.9 Å². The normalized spacial score (nSPS) is 12.0. The van der Waals surface area contributed by atoms with E-state index in [2.05, 4.69) is 5.32 Å². The second-order valence-electron chi connectivity index (χ2n) is 5.93. The molecule has 0 spiro atoms. The highest BCUT2D eigenvalue weighted by atomic mass is 16.5. The molecule has 0 aliphatic heterocycles. The van der Waals surface area contributed by atoms with Crippen molar-refractivity contribution < 1.29 is 13.9 Å². The minimum absolute atomic E-state index is 0.0165. The van der Waals surface area contributed by atoms with E-state index in [1.165, 1.54) is 0 Å². The van der Waals surface area contributed by atoms with E-state index in [0.717, 1.165) is 11.1 Å². The Kier molecular flexibility index (Phi) is 4.57. The van der Waals surface area contributed by atoms with Crippen molar-refractivity contribution in [1.82, 2.24) is 5.32 Å². The first-order chi connectivity index (χ1) is 12.0. The van der Waals surface area contributed by atoms with Gasteiger partial charge in [0.25, 0.3) is 5.91 Å². The maximum atomic E-state index is 12.6. The number of aryl methyl sites for hydroxylation is 1. The van der Waals surface area contributed by atoms with Crippen LogP contribution >= 0.6 is 0 Å². The van der Waals surface area contributed by atoms with E-state index >= 15 is 0 Å². The van der Waals surface area contributed by atoms with Crippen LogP contribution in [0.5, 0.6) is 5.75 Å². The van der Waals surface area contributed by atoms with E-state index in [4.69, 9.17) is 9.15 Å². The van der Waals surface area contributed by atoms with E-state index in [1.54, 1.807) is 31.4 Å². The first-order valence-electron chi connectivity index (χ1n) is 7.98. The molecule has 0 radical (unpaired) electrons. The average Bonchev–Trinajstić information content (AvgIpc) is 2.60. The topological polar surface area (TPSA) is 68.5 Å². The molecular formula is C20H19NO4. The number of hydrogen-bond donors (Lipinski definition) is 1. The second-order valence-corrected chi connectivity index (χ2v) is 5.93. The predicted octanol–water partition coefficient (Wildman–Crippen LogP) is 3.60. The fraction of sp³-hybridized carbons (Fsp3) is 0.200. The Balaban J connectivity index is 1.91. The molecule has 5 nitrogen and oxygen atoms in total. The zero-order valence-electron chi connectivity index (χ0n) is 14.3. The van der Waals surface area contributed by atoms with E-state index in [0.29, 0.717) is 16.7 Å². The lowest BCUT2D eigenvalue weighted by atomic mass is 10.0. The van der Waals surface area contributed by atoms with Gasteiger partial charge in [0.1, 0.15) is 16.9 Å².